The first kappa shape index (κ1) is 8.71. The van der Waals surface area contributed by atoms with Crippen molar-refractivity contribution in [3.63, 3.8) is 0 Å². The zero-order valence-corrected chi connectivity index (χ0v) is 7.99. The van der Waals surface area contributed by atoms with Gasteiger partial charge in [0.2, 0.25) is 0 Å². The van der Waals surface area contributed by atoms with Gasteiger partial charge in [-0.05, 0) is 18.1 Å². The quantitative estimate of drug-likeness (QED) is 0.594. The fourth-order valence-electron chi connectivity index (χ4n) is 1.43. The van der Waals surface area contributed by atoms with Crippen LogP contribution in [-0.4, -0.2) is 5.84 Å². The number of aryl methyl sites for hydroxylation is 1. The summed E-state index contributed by atoms with van der Waals surface area (Å²) in [7, 11) is 0. The summed E-state index contributed by atoms with van der Waals surface area (Å²) < 4.78 is 0. The average molecular weight is 182 g/mol. The highest BCUT2D eigenvalue weighted by atomic mass is 14.9. The Bertz CT molecular complexity index is 444. The van der Waals surface area contributed by atoms with E-state index in [1.807, 2.05) is 0 Å². The second kappa shape index (κ2) is 3.47. The van der Waals surface area contributed by atoms with Gasteiger partial charge >= 0.3 is 0 Å². The molecule has 0 radical (unpaired) electrons. The van der Waals surface area contributed by atoms with Crippen molar-refractivity contribution in [1.82, 2.24) is 0 Å². The molecule has 1 aromatic rings. The van der Waals surface area contributed by atoms with E-state index in [0.29, 0.717) is 12.3 Å². The van der Waals surface area contributed by atoms with Crippen LogP contribution < -0.4 is 0 Å². The molecular formula is C12H10N2. The number of nitrogens with zero attached hydrogens (tertiary/aromatic N) is 2. The van der Waals surface area contributed by atoms with Gasteiger partial charge in [-0.25, -0.2) is 0 Å². The number of amidine groups is 1. The smallest absolute Gasteiger partial charge is 0.250 e. The van der Waals surface area contributed by atoms with E-state index in [1.54, 1.807) is 6.20 Å². The second-order valence-electron chi connectivity index (χ2n) is 3.35. The number of rotatable bonds is 1. The molecule has 2 heteroatoms. The van der Waals surface area contributed by atoms with Crippen LogP contribution in [0.3, 0.4) is 0 Å². The number of hydrogen-bond acceptors (Lipinski definition) is 1. The van der Waals surface area contributed by atoms with Crippen molar-refractivity contribution < 1.29 is 0 Å². The van der Waals surface area contributed by atoms with Gasteiger partial charge in [0.1, 0.15) is 6.20 Å². The van der Waals surface area contributed by atoms with Crippen LogP contribution in [0.25, 0.3) is 10.4 Å². The molecular weight excluding hydrogens is 172 g/mol. The van der Waals surface area contributed by atoms with E-state index < -0.39 is 0 Å². The normalized spacial score (nSPS) is 14.6. The van der Waals surface area contributed by atoms with Crippen molar-refractivity contribution in [2.24, 2.45) is 4.99 Å². The summed E-state index contributed by atoms with van der Waals surface area (Å²) in [6.07, 6.45) is 2.46. The largest absolute Gasteiger partial charge is 0.364 e. The molecule has 2 nitrogen and oxygen atoms in total. The molecule has 0 amide bonds. The van der Waals surface area contributed by atoms with Crippen LogP contribution >= 0.6 is 0 Å². The molecule has 0 saturated carbocycles. The summed E-state index contributed by atoms with van der Waals surface area (Å²) in [5, 5.41) is 0. The molecule has 1 aliphatic rings. The second-order valence-corrected chi connectivity index (χ2v) is 3.35. The minimum Gasteiger partial charge on any atom is -0.364 e. The van der Waals surface area contributed by atoms with Crippen LogP contribution in [-0.2, 0) is 0 Å². The summed E-state index contributed by atoms with van der Waals surface area (Å²) in [4.78, 5) is 7.36. The third kappa shape index (κ3) is 1.57. The monoisotopic (exact) mass is 182 g/mol. The lowest BCUT2D eigenvalue weighted by molar-refractivity contribution is 1.43. The van der Waals surface area contributed by atoms with Crippen molar-refractivity contribution in [2.45, 2.75) is 13.3 Å². The lowest BCUT2D eigenvalue weighted by atomic mass is 10.0. The molecule has 1 heterocycles. The minimum atomic E-state index is 0.584. The van der Waals surface area contributed by atoms with Gasteiger partial charge in [0, 0.05) is 6.42 Å². The van der Waals surface area contributed by atoms with Gasteiger partial charge in [0.05, 0.1) is 0 Å². The Kier molecular flexibility index (Phi) is 2.16. The molecule has 0 unspecified atom stereocenters. The summed E-state index contributed by atoms with van der Waals surface area (Å²) in [5.41, 5.74) is 3.55. The van der Waals surface area contributed by atoms with Gasteiger partial charge in [-0.2, -0.15) is 0 Å². The van der Waals surface area contributed by atoms with Crippen LogP contribution in [0.1, 0.15) is 17.5 Å². The highest BCUT2D eigenvalue weighted by Gasteiger charge is 2.12. The summed E-state index contributed by atoms with van der Waals surface area (Å²) in [5.74, 6) is 0.584. The van der Waals surface area contributed by atoms with Crippen LogP contribution in [0, 0.1) is 13.5 Å². The third-order valence-electron chi connectivity index (χ3n) is 2.27. The van der Waals surface area contributed by atoms with E-state index in [4.69, 9.17) is 6.57 Å². The first-order chi connectivity index (χ1) is 6.79. The van der Waals surface area contributed by atoms with E-state index in [1.165, 1.54) is 5.56 Å². The Morgan fingerprint density at radius 2 is 2.00 bits per heavy atom. The molecule has 68 valence electrons. The maximum atomic E-state index is 6.85. The number of hydrogen-bond donors (Lipinski definition) is 0. The van der Waals surface area contributed by atoms with Crippen molar-refractivity contribution in [3.05, 3.63) is 53.0 Å². The highest BCUT2D eigenvalue weighted by Crippen LogP contribution is 2.24. The van der Waals surface area contributed by atoms with Crippen molar-refractivity contribution >= 4 is 11.4 Å². The Hall–Kier alpha value is -1.88. The van der Waals surface area contributed by atoms with E-state index in [-0.39, 0.29) is 0 Å². The Morgan fingerprint density at radius 1 is 1.29 bits per heavy atom. The molecule has 1 aliphatic heterocycles. The first-order valence-corrected chi connectivity index (χ1v) is 4.50. The van der Waals surface area contributed by atoms with Crippen molar-refractivity contribution in [3.8, 4) is 0 Å². The van der Waals surface area contributed by atoms with Crippen molar-refractivity contribution in [2.75, 3.05) is 0 Å². The van der Waals surface area contributed by atoms with Crippen LogP contribution in [0.4, 0.5) is 0 Å². The molecule has 0 saturated heterocycles. The molecule has 0 atom stereocenters. The Morgan fingerprint density at radius 3 is 2.57 bits per heavy atom. The summed E-state index contributed by atoms with van der Waals surface area (Å²) in [6, 6.07) is 8.30. The molecule has 1 aromatic carbocycles. The minimum absolute atomic E-state index is 0.584. The van der Waals surface area contributed by atoms with Gasteiger partial charge in [-0.15, -0.1) is 4.99 Å². The molecule has 0 N–H and O–H groups in total. The lowest BCUT2D eigenvalue weighted by Crippen LogP contribution is -1.87. The summed E-state index contributed by atoms with van der Waals surface area (Å²) in [6.45, 7) is 8.91. The molecule has 0 spiro atoms. The lowest BCUT2D eigenvalue weighted by Gasteiger charge is -2.00. The average Bonchev–Trinajstić information content (AvgIpc) is 2.67. The molecule has 0 bridgehead atoms. The van der Waals surface area contributed by atoms with Crippen LogP contribution in [0.2, 0.25) is 0 Å². The van der Waals surface area contributed by atoms with Gasteiger partial charge in [0.25, 0.3) is 5.84 Å². The fraction of sp³-hybridized carbons (Fsp3) is 0.167. The van der Waals surface area contributed by atoms with Gasteiger partial charge in [-0.1, -0.05) is 36.4 Å². The predicted molar refractivity (Wildman–Crippen MR) is 57.8 cm³/mol. The molecule has 0 aromatic heterocycles. The Balaban J connectivity index is 2.21. The SMILES string of the molecule is [C-]#[N+]C1=NC=C(c2ccc(C)cc2)C1. The van der Waals surface area contributed by atoms with Crippen LogP contribution in [0.15, 0.2) is 35.5 Å². The zero-order chi connectivity index (χ0) is 9.97. The zero-order valence-electron chi connectivity index (χ0n) is 7.99. The maximum absolute atomic E-state index is 6.85. The molecule has 0 aliphatic carbocycles. The van der Waals surface area contributed by atoms with Gasteiger partial charge in [-0.3, -0.25) is 0 Å². The summed E-state index contributed by atoms with van der Waals surface area (Å²) >= 11 is 0. The van der Waals surface area contributed by atoms with E-state index >= 15 is 0 Å². The van der Waals surface area contributed by atoms with E-state index in [0.717, 1.165) is 11.1 Å². The number of aliphatic imine (C=N–C) groups is 1. The van der Waals surface area contributed by atoms with E-state index in [9.17, 15) is 0 Å². The first-order valence-electron chi connectivity index (χ1n) is 4.50. The maximum Gasteiger partial charge on any atom is 0.250 e. The Labute approximate surface area is 83.4 Å². The highest BCUT2D eigenvalue weighted by molar-refractivity contribution is 6.02. The molecule has 14 heavy (non-hydrogen) atoms. The van der Waals surface area contributed by atoms with Gasteiger partial charge < -0.3 is 4.85 Å². The van der Waals surface area contributed by atoms with Crippen LogP contribution in [0.5, 0.6) is 0 Å². The fourth-order valence-corrected chi connectivity index (χ4v) is 1.43. The number of benzene rings is 1. The van der Waals surface area contributed by atoms with Crippen molar-refractivity contribution in [1.29, 1.82) is 0 Å². The third-order valence-corrected chi connectivity index (χ3v) is 2.27. The molecule has 0 fully saturated rings. The standard InChI is InChI=1S/C12H10N2/c1-9-3-5-10(6-4-9)11-7-12(13-2)14-8-11/h3-6,8H,7H2,1H3. The topological polar surface area (TPSA) is 16.7 Å². The van der Waals surface area contributed by atoms with Gasteiger partial charge in [0.15, 0.2) is 0 Å². The predicted octanol–water partition coefficient (Wildman–Crippen LogP) is 3.06. The molecule has 2 rings (SSSR count). The van der Waals surface area contributed by atoms with E-state index in [2.05, 4.69) is 41.0 Å².